The first-order chi connectivity index (χ1) is 8.72. The second kappa shape index (κ2) is 3.97. The Morgan fingerprint density at radius 3 is 2.83 bits per heavy atom. The fourth-order valence-electron chi connectivity index (χ4n) is 2.11. The minimum Gasteiger partial charge on any atom is -0.326 e. The molecule has 0 saturated heterocycles. The highest BCUT2D eigenvalue weighted by molar-refractivity contribution is 7.13. The van der Waals surface area contributed by atoms with Gasteiger partial charge >= 0.3 is 0 Å². The number of aryl methyl sites for hydroxylation is 2. The zero-order valence-corrected chi connectivity index (χ0v) is 11.0. The Kier molecular flexibility index (Phi) is 2.42. The molecule has 3 aromatic rings. The van der Waals surface area contributed by atoms with Crippen LogP contribution in [0.4, 0.5) is 0 Å². The second-order valence-electron chi connectivity index (χ2n) is 4.21. The van der Waals surface area contributed by atoms with Gasteiger partial charge in [-0.15, -0.1) is 11.3 Å². The van der Waals surface area contributed by atoms with Crippen LogP contribution in [-0.2, 0) is 7.05 Å². The highest BCUT2D eigenvalue weighted by atomic mass is 32.1. The van der Waals surface area contributed by atoms with E-state index in [-0.39, 0.29) is 0 Å². The molecule has 3 nitrogen and oxygen atoms in total. The number of rotatable bonds is 1. The van der Waals surface area contributed by atoms with E-state index in [1.165, 1.54) is 5.56 Å². The molecule has 3 rings (SSSR count). The zero-order valence-electron chi connectivity index (χ0n) is 10.1. The predicted molar refractivity (Wildman–Crippen MR) is 73.5 cm³/mol. The van der Waals surface area contributed by atoms with Gasteiger partial charge in [0.2, 0.25) is 0 Å². The van der Waals surface area contributed by atoms with Gasteiger partial charge in [0.15, 0.2) is 5.82 Å². The molecule has 1 aromatic carbocycles. The maximum absolute atomic E-state index is 9.12. The molecule has 0 saturated carbocycles. The number of aromatic nitrogens is 2. The van der Waals surface area contributed by atoms with Crippen molar-refractivity contribution in [3.63, 3.8) is 0 Å². The standard InChI is InChI=1S/C14H11N3S/c1-9-6-7-18-13(9)14-16-12-10(8-15)4-3-5-11(12)17(14)2/h3-7H,1-2H3. The van der Waals surface area contributed by atoms with Crippen molar-refractivity contribution in [2.45, 2.75) is 6.92 Å². The lowest BCUT2D eigenvalue weighted by molar-refractivity contribution is 0.961. The molecule has 18 heavy (non-hydrogen) atoms. The zero-order chi connectivity index (χ0) is 12.7. The van der Waals surface area contributed by atoms with Crippen molar-refractivity contribution in [1.82, 2.24) is 9.55 Å². The predicted octanol–water partition coefficient (Wildman–Crippen LogP) is 3.48. The monoisotopic (exact) mass is 253 g/mol. The summed E-state index contributed by atoms with van der Waals surface area (Å²) < 4.78 is 2.05. The molecule has 0 bridgehead atoms. The van der Waals surface area contributed by atoms with E-state index < -0.39 is 0 Å². The Hall–Kier alpha value is -2.12. The minimum absolute atomic E-state index is 0.628. The molecule has 0 N–H and O–H groups in total. The van der Waals surface area contributed by atoms with Gasteiger partial charge in [0.1, 0.15) is 11.6 Å². The summed E-state index contributed by atoms with van der Waals surface area (Å²) >= 11 is 1.68. The molecule has 0 spiro atoms. The van der Waals surface area contributed by atoms with E-state index in [2.05, 4.69) is 34.0 Å². The number of thiophene rings is 1. The van der Waals surface area contributed by atoms with Crippen LogP contribution in [0.15, 0.2) is 29.6 Å². The Morgan fingerprint density at radius 2 is 2.17 bits per heavy atom. The van der Waals surface area contributed by atoms with Crippen LogP contribution in [0.5, 0.6) is 0 Å². The Bertz CT molecular complexity index is 774. The molecule has 0 fully saturated rings. The van der Waals surface area contributed by atoms with Gasteiger partial charge in [-0.1, -0.05) is 6.07 Å². The van der Waals surface area contributed by atoms with Gasteiger partial charge in [-0.2, -0.15) is 5.26 Å². The van der Waals surface area contributed by atoms with Gasteiger partial charge in [-0.3, -0.25) is 0 Å². The molecule has 0 unspecified atom stereocenters. The van der Waals surface area contributed by atoms with E-state index in [1.54, 1.807) is 17.4 Å². The summed E-state index contributed by atoms with van der Waals surface area (Å²) in [6.45, 7) is 2.08. The molecule has 4 heteroatoms. The third-order valence-corrected chi connectivity index (χ3v) is 4.11. The summed E-state index contributed by atoms with van der Waals surface area (Å²) in [4.78, 5) is 5.80. The number of para-hydroxylation sites is 1. The largest absolute Gasteiger partial charge is 0.326 e. The molecular formula is C14H11N3S. The summed E-state index contributed by atoms with van der Waals surface area (Å²) in [5, 5.41) is 11.2. The maximum Gasteiger partial charge on any atom is 0.151 e. The van der Waals surface area contributed by atoms with Gasteiger partial charge < -0.3 is 4.57 Å². The molecule has 0 atom stereocenters. The molecule has 0 aliphatic carbocycles. The lowest BCUT2D eigenvalue weighted by atomic mass is 10.2. The maximum atomic E-state index is 9.12. The first-order valence-electron chi connectivity index (χ1n) is 5.62. The SMILES string of the molecule is Cc1ccsc1-c1nc2c(C#N)cccc2n1C. The van der Waals surface area contributed by atoms with E-state index in [1.807, 2.05) is 19.2 Å². The quantitative estimate of drug-likeness (QED) is 0.666. The number of hydrogen-bond donors (Lipinski definition) is 0. The van der Waals surface area contributed by atoms with Gasteiger partial charge in [-0.05, 0) is 36.1 Å². The fourth-order valence-corrected chi connectivity index (χ4v) is 3.06. The van der Waals surface area contributed by atoms with Crippen LogP contribution in [-0.4, -0.2) is 9.55 Å². The average Bonchev–Trinajstić information content (AvgIpc) is 2.93. The number of imidazole rings is 1. The van der Waals surface area contributed by atoms with Crippen LogP contribution in [0.3, 0.4) is 0 Å². The molecule has 0 amide bonds. The van der Waals surface area contributed by atoms with Crippen molar-refractivity contribution in [3.8, 4) is 16.8 Å². The molecule has 2 heterocycles. The lowest BCUT2D eigenvalue weighted by Crippen LogP contribution is -1.91. The van der Waals surface area contributed by atoms with Crippen LogP contribution in [0.2, 0.25) is 0 Å². The number of nitriles is 1. The minimum atomic E-state index is 0.628. The molecular weight excluding hydrogens is 242 g/mol. The van der Waals surface area contributed by atoms with Crippen molar-refractivity contribution < 1.29 is 0 Å². The van der Waals surface area contributed by atoms with Gasteiger partial charge in [0, 0.05) is 7.05 Å². The van der Waals surface area contributed by atoms with Gasteiger partial charge in [0.25, 0.3) is 0 Å². The van der Waals surface area contributed by atoms with E-state index in [9.17, 15) is 0 Å². The summed E-state index contributed by atoms with van der Waals surface area (Å²) in [6, 6.07) is 9.98. The van der Waals surface area contributed by atoms with Crippen LogP contribution in [0, 0.1) is 18.3 Å². The Labute approximate surface area is 109 Å². The van der Waals surface area contributed by atoms with Gasteiger partial charge in [0.05, 0.1) is 16.0 Å². The van der Waals surface area contributed by atoms with Crippen LogP contribution in [0.25, 0.3) is 21.7 Å². The van der Waals surface area contributed by atoms with Crippen molar-refractivity contribution in [1.29, 1.82) is 5.26 Å². The molecule has 0 aliphatic heterocycles. The highest BCUT2D eigenvalue weighted by Crippen LogP contribution is 2.31. The van der Waals surface area contributed by atoms with E-state index in [0.717, 1.165) is 21.7 Å². The van der Waals surface area contributed by atoms with Crippen LogP contribution in [0.1, 0.15) is 11.1 Å². The van der Waals surface area contributed by atoms with Crippen molar-refractivity contribution >= 4 is 22.4 Å². The van der Waals surface area contributed by atoms with E-state index >= 15 is 0 Å². The van der Waals surface area contributed by atoms with Crippen molar-refractivity contribution in [2.75, 3.05) is 0 Å². The van der Waals surface area contributed by atoms with Crippen LogP contribution < -0.4 is 0 Å². The number of benzene rings is 1. The topological polar surface area (TPSA) is 41.6 Å². The van der Waals surface area contributed by atoms with Gasteiger partial charge in [-0.25, -0.2) is 4.98 Å². The molecule has 0 radical (unpaired) electrons. The molecule has 2 aromatic heterocycles. The van der Waals surface area contributed by atoms with E-state index in [0.29, 0.717) is 5.56 Å². The summed E-state index contributed by atoms with van der Waals surface area (Å²) in [7, 11) is 1.99. The van der Waals surface area contributed by atoms with Crippen LogP contribution >= 0.6 is 11.3 Å². The molecule has 88 valence electrons. The second-order valence-corrected chi connectivity index (χ2v) is 5.13. The van der Waals surface area contributed by atoms with E-state index in [4.69, 9.17) is 5.26 Å². The summed E-state index contributed by atoms with van der Waals surface area (Å²) in [6.07, 6.45) is 0. The first-order valence-corrected chi connectivity index (χ1v) is 6.50. The number of fused-ring (bicyclic) bond motifs is 1. The Balaban J connectivity index is 2.37. The number of nitrogens with zero attached hydrogens (tertiary/aromatic N) is 3. The first kappa shape index (κ1) is 11.0. The lowest BCUT2D eigenvalue weighted by Gasteiger charge is -2.00. The highest BCUT2D eigenvalue weighted by Gasteiger charge is 2.14. The van der Waals surface area contributed by atoms with Crippen molar-refractivity contribution in [2.24, 2.45) is 7.05 Å². The molecule has 0 aliphatic rings. The summed E-state index contributed by atoms with van der Waals surface area (Å²) in [5.74, 6) is 0.931. The smallest absolute Gasteiger partial charge is 0.151 e. The Morgan fingerprint density at radius 1 is 1.33 bits per heavy atom. The summed E-state index contributed by atoms with van der Waals surface area (Å²) in [5.41, 5.74) is 3.63. The van der Waals surface area contributed by atoms with Crippen molar-refractivity contribution in [3.05, 3.63) is 40.8 Å². The third-order valence-electron chi connectivity index (χ3n) is 3.10. The fraction of sp³-hybridized carbons (Fsp3) is 0.143. The average molecular weight is 253 g/mol. The normalized spacial score (nSPS) is 10.7. The number of hydrogen-bond acceptors (Lipinski definition) is 3. The third kappa shape index (κ3) is 1.45.